The molecule has 0 aliphatic carbocycles. The van der Waals surface area contributed by atoms with Gasteiger partial charge < -0.3 is 32.3 Å². The van der Waals surface area contributed by atoms with E-state index < -0.39 is 35.8 Å². The zero-order valence-corrected chi connectivity index (χ0v) is 23.4. The molecule has 2 aromatic rings. The number of hydrogen-bond donors (Lipinski definition) is 5. The van der Waals surface area contributed by atoms with E-state index in [4.69, 9.17) is 11.5 Å². The summed E-state index contributed by atoms with van der Waals surface area (Å²) in [5, 5.41) is 7.69. The van der Waals surface area contributed by atoms with E-state index in [0.717, 1.165) is 22.4 Å². The van der Waals surface area contributed by atoms with Crippen molar-refractivity contribution in [2.45, 2.75) is 58.2 Å². The molecular formula is C30H38N6O5. The Bertz CT molecular complexity index is 1310. The molecule has 0 spiro atoms. The zero-order valence-electron chi connectivity index (χ0n) is 23.4. The lowest BCUT2D eigenvalue weighted by Crippen LogP contribution is -2.54. The lowest BCUT2D eigenvalue weighted by Gasteiger charge is -2.27. The van der Waals surface area contributed by atoms with Crippen molar-refractivity contribution in [1.29, 1.82) is 0 Å². The predicted molar refractivity (Wildman–Crippen MR) is 157 cm³/mol. The molecule has 0 unspecified atom stereocenters. The summed E-state index contributed by atoms with van der Waals surface area (Å²) in [6.45, 7) is 4.09. The summed E-state index contributed by atoms with van der Waals surface area (Å²) in [5.41, 5.74) is 14.1. The lowest BCUT2D eigenvalue weighted by atomic mass is 10.0. The molecule has 1 aliphatic rings. The Labute approximate surface area is 239 Å². The number of carbonyl (C=O) groups excluding carboxylic acids is 5. The largest absolute Gasteiger partial charge is 0.368 e. The van der Waals surface area contributed by atoms with E-state index in [-0.39, 0.29) is 37.6 Å². The number of nitrogens with zero attached hydrogens (tertiary/aromatic N) is 1. The molecule has 7 N–H and O–H groups in total. The fraction of sp³-hybridized carbons (Fsp3) is 0.367. The molecule has 0 saturated heterocycles. The minimum Gasteiger partial charge on any atom is -0.368 e. The lowest BCUT2D eigenvalue weighted by molar-refractivity contribution is -0.132. The molecule has 0 fully saturated rings. The third kappa shape index (κ3) is 8.92. The minimum atomic E-state index is -0.985. The summed E-state index contributed by atoms with van der Waals surface area (Å²) < 4.78 is 0. The third-order valence-electron chi connectivity index (χ3n) is 6.81. The van der Waals surface area contributed by atoms with Crippen LogP contribution in [0.15, 0.2) is 48.5 Å². The number of nitrogens with one attached hydrogen (secondary N) is 3. The minimum absolute atomic E-state index is 0.0603. The van der Waals surface area contributed by atoms with Crippen LogP contribution in [0.4, 0.5) is 10.5 Å². The van der Waals surface area contributed by atoms with Gasteiger partial charge in [0.25, 0.3) is 0 Å². The van der Waals surface area contributed by atoms with Crippen molar-refractivity contribution in [3.63, 3.8) is 0 Å². The number of para-hydroxylation sites is 1. The smallest absolute Gasteiger partial charge is 0.312 e. The summed E-state index contributed by atoms with van der Waals surface area (Å²) in [6.07, 6.45) is 4.36. The predicted octanol–water partition coefficient (Wildman–Crippen LogP) is 2.04. The molecule has 0 radical (unpaired) electrons. The molecule has 0 saturated carbocycles. The number of primary amides is 2. The molecule has 1 heterocycles. The van der Waals surface area contributed by atoms with E-state index in [0.29, 0.717) is 13.0 Å². The van der Waals surface area contributed by atoms with E-state index in [1.165, 1.54) is 0 Å². The number of hydrogen-bond acceptors (Lipinski definition) is 5. The molecule has 11 heteroatoms. The van der Waals surface area contributed by atoms with Gasteiger partial charge in [-0.15, -0.1) is 0 Å². The summed E-state index contributed by atoms with van der Waals surface area (Å²) in [4.78, 5) is 63.7. The zero-order chi connectivity index (χ0) is 29.9. The molecule has 218 valence electrons. The van der Waals surface area contributed by atoms with Crippen LogP contribution in [0.3, 0.4) is 0 Å². The highest BCUT2D eigenvalue weighted by Gasteiger charge is 2.28. The highest BCUT2D eigenvalue weighted by Crippen LogP contribution is 2.29. The first-order chi connectivity index (χ1) is 19.6. The number of rotatable bonds is 12. The maximum atomic E-state index is 13.4. The van der Waals surface area contributed by atoms with E-state index in [1.54, 1.807) is 18.7 Å². The Morgan fingerprint density at radius 3 is 2.22 bits per heavy atom. The normalized spacial score (nSPS) is 14.4. The van der Waals surface area contributed by atoms with Crippen LogP contribution in [0.5, 0.6) is 0 Å². The van der Waals surface area contributed by atoms with Crippen LogP contribution in [0.2, 0.25) is 0 Å². The van der Waals surface area contributed by atoms with Gasteiger partial charge in [0.1, 0.15) is 12.1 Å². The second-order valence-corrected chi connectivity index (χ2v) is 10.3. The van der Waals surface area contributed by atoms with Gasteiger partial charge in [-0.05, 0) is 41.5 Å². The van der Waals surface area contributed by atoms with Crippen LogP contribution in [-0.2, 0) is 25.7 Å². The second-order valence-electron chi connectivity index (χ2n) is 10.3. The van der Waals surface area contributed by atoms with E-state index in [2.05, 4.69) is 16.0 Å². The number of benzene rings is 2. The molecule has 11 nitrogen and oxygen atoms in total. The third-order valence-corrected chi connectivity index (χ3v) is 6.81. The number of fused-ring (bicyclic) bond motifs is 2. The van der Waals surface area contributed by atoms with Gasteiger partial charge in [0.05, 0.1) is 12.2 Å². The molecule has 0 aromatic heterocycles. The molecule has 41 heavy (non-hydrogen) atoms. The molecular weight excluding hydrogens is 524 g/mol. The molecule has 3 rings (SSSR count). The first-order valence-corrected chi connectivity index (χ1v) is 13.6. The summed E-state index contributed by atoms with van der Waals surface area (Å²) >= 11 is 0. The van der Waals surface area contributed by atoms with Crippen LogP contribution in [0.1, 0.15) is 56.2 Å². The van der Waals surface area contributed by atoms with Gasteiger partial charge in [0.15, 0.2) is 0 Å². The van der Waals surface area contributed by atoms with Gasteiger partial charge in [-0.2, -0.15) is 0 Å². The number of urea groups is 1. The van der Waals surface area contributed by atoms with Gasteiger partial charge in [-0.1, -0.05) is 68.5 Å². The SMILES string of the molecule is CC(C)[C@H](NC(=O)CCC(=O)N1Cc2ccccc2/C=C\c2ccccc21)C(=O)N[C@@H](CCCNC(N)=O)C(N)=O. The Kier molecular flexibility index (Phi) is 11.0. The van der Waals surface area contributed by atoms with Crippen LogP contribution >= 0.6 is 0 Å². The highest BCUT2D eigenvalue weighted by molar-refractivity contribution is 5.99. The van der Waals surface area contributed by atoms with Crippen LogP contribution < -0.4 is 32.3 Å². The average Bonchev–Trinajstić information content (AvgIpc) is 2.92. The number of anilines is 1. The first-order valence-electron chi connectivity index (χ1n) is 13.6. The molecule has 6 amide bonds. The number of nitrogens with two attached hydrogens (primary N) is 2. The Morgan fingerprint density at radius 2 is 1.54 bits per heavy atom. The van der Waals surface area contributed by atoms with Crippen LogP contribution in [0, 0.1) is 5.92 Å². The van der Waals surface area contributed by atoms with Crippen molar-refractivity contribution in [2.75, 3.05) is 11.4 Å². The fourth-order valence-corrected chi connectivity index (χ4v) is 4.57. The fourth-order valence-electron chi connectivity index (χ4n) is 4.57. The Hall–Kier alpha value is -4.67. The topological polar surface area (TPSA) is 177 Å². The summed E-state index contributed by atoms with van der Waals surface area (Å²) in [6, 6.07) is 12.8. The number of carbonyl (C=O) groups is 5. The quantitative estimate of drug-likeness (QED) is 0.248. The van der Waals surface area contributed by atoms with Crippen molar-refractivity contribution < 1.29 is 24.0 Å². The van der Waals surface area contributed by atoms with Crippen LogP contribution in [-0.4, -0.2) is 48.3 Å². The summed E-state index contributed by atoms with van der Waals surface area (Å²) in [7, 11) is 0. The van der Waals surface area contributed by atoms with Crippen molar-refractivity contribution in [3.8, 4) is 0 Å². The van der Waals surface area contributed by atoms with Gasteiger partial charge in [0, 0.05) is 19.4 Å². The Balaban J connectivity index is 1.63. The van der Waals surface area contributed by atoms with E-state index >= 15 is 0 Å². The van der Waals surface area contributed by atoms with E-state index in [1.807, 2.05) is 60.7 Å². The molecule has 1 aliphatic heterocycles. The van der Waals surface area contributed by atoms with Gasteiger partial charge in [0.2, 0.25) is 23.6 Å². The van der Waals surface area contributed by atoms with Gasteiger partial charge in [-0.3, -0.25) is 19.2 Å². The van der Waals surface area contributed by atoms with Crippen molar-refractivity contribution >= 4 is 47.5 Å². The molecule has 2 aromatic carbocycles. The highest BCUT2D eigenvalue weighted by atomic mass is 16.2. The molecule has 0 bridgehead atoms. The maximum absolute atomic E-state index is 13.4. The first kappa shape index (κ1) is 30.9. The summed E-state index contributed by atoms with van der Waals surface area (Å²) in [5.74, 6) is -2.28. The van der Waals surface area contributed by atoms with Crippen molar-refractivity contribution in [1.82, 2.24) is 16.0 Å². The van der Waals surface area contributed by atoms with Gasteiger partial charge >= 0.3 is 6.03 Å². The standard InChI is InChI=1S/C30H38N6O5/c1-19(2)27(29(40)34-23(28(31)39)11-7-17-33-30(32)41)35-25(37)15-16-26(38)36-18-22-10-4-3-8-20(22)13-14-21-9-5-6-12-24(21)36/h3-6,8-10,12-14,19,23,27H,7,11,15-18H2,1-2H3,(H2,31,39)(H,34,40)(H,35,37)(H3,32,33,41)/b14-13-/t23-,27-/m0/s1. The van der Waals surface area contributed by atoms with Crippen molar-refractivity contribution in [2.24, 2.45) is 17.4 Å². The number of amides is 6. The van der Waals surface area contributed by atoms with Crippen molar-refractivity contribution in [3.05, 3.63) is 65.2 Å². The molecule has 2 atom stereocenters. The van der Waals surface area contributed by atoms with Crippen LogP contribution in [0.25, 0.3) is 12.2 Å². The second kappa shape index (κ2) is 14.6. The monoisotopic (exact) mass is 562 g/mol. The van der Waals surface area contributed by atoms with E-state index in [9.17, 15) is 24.0 Å². The Morgan fingerprint density at radius 1 is 0.878 bits per heavy atom. The van der Waals surface area contributed by atoms with Gasteiger partial charge in [-0.25, -0.2) is 4.79 Å². The maximum Gasteiger partial charge on any atom is 0.312 e. The average molecular weight is 563 g/mol.